The molecule has 1 aliphatic rings. The normalized spacial score (nSPS) is 22.9. The maximum atomic E-state index is 10.8. The summed E-state index contributed by atoms with van der Waals surface area (Å²) in [7, 11) is -3.76. The van der Waals surface area contributed by atoms with Gasteiger partial charge in [0.15, 0.2) is 0 Å². The van der Waals surface area contributed by atoms with Gasteiger partial charge in [-0.25, -0.2) is 5.14 Å². The Kier molecular flexibility index (Phi) is 3.25. The van der Waals surface area contributed by atoms with Crippen molar-refractivity contribution >= 4 is 10.2 Å². The average molecular weight is 210 g/mol. The Bertz CT molecular complexity index is 258. The summed E-state index contributed by atoms with van der Waals surface area (Å²) in [5.41, 5.74) is -0.828. The van der Waals surface area contributed by atoms with Crippen LogP contribution in [0, 0.1) is 0 Å². The Labute approximate surface area is 77.3 Å². The average Bonchev–Trinajstić information content (AvgIpc) is 2.03. The summed E-state index contributed by atoms with van der Waals surface area (Å²) in [4.78, 5) is 0. The van der Waals surface area contributed by atoms with E-state index in [9.17, 15) is 8.42 Å². The van der Waals surface area contributed by atoms with Gasteiger partial charge in [-0.15, -0.1) is 0 Å². The lowest BCUT2D eigenvalue weighted by atomic mass is 9.93. The van der Waals surface area contributed by atoms with Crippen LogP contribution in [-0.4, -0.2) is 38.9 Å². The molecule has 0 aromatic carbocycles. The van der Waals surface area contributed by atoms with Crippen LogP contribution in [0.1, 0.15) is 12.8 Å². The van der Waals surface area contributed by atoms with E-state index in [0.29, 0.717) is 26.1 Å². The van der Waals surface area contributed by atoms with Crippen molar-refractivity contribution in [3.8, 4) is 0 Å². The van der Waals surface area contributed by atoms with E-state index in [1.165, 1.54) is 0 Å². The number of ether oxygens (including phenoxy) is 1. The second-order valence-electron chi connectivity index (χ2n) is 3.20. The second-order valence-corrected chi connectivity index (χ2v) is 4.49. The Morgan fingerprint density at radius 3 is 2.38 bits per heavy atom. The number of hydrogen-bond acceptors (Lipinski definition) is 4. The molecule has 0 radical (unpaired) electrons. The number of nitrogens with two attached hydrogens (primary N) is 1. The fourth-order valence-electron chi connectivity index (χ4n) is 1.36. The summed E-state index contributed by atoms with van der Waals surface area (Å²) in [5, 5.41) is 13.9. The predicted molar refractivity (Wildman–Crippen MR) is 46.1 cm³/mol. The van der Waals surface area contributed by atoms with Crippen LogP contribution < -0.4 is 9.86 Å². The third-order valence-corrected chi connectivity index (χ3v) is 2.83. The van der Waals surface area contributed by atoms with E-state index in [4.69, 9.17) is 15.0 Å². The van der Waals surface area contributed by atoms with Crippen LogP contribution in [0.3, 0.4) is 0 Å². The molecular formula is C6H14N2O4S. The third kappa shape index (κ3) is 3.20. The van der Waals surface area contributed by atoms with Crippen molar-refractivity contribution in [3.63, 3.8) is 0 Å². The van der Waals surface area contributed by atoms with E-state index in [0.717, 1.165) is 0 Å². The Hall–Kier alpha value is -0.210. The molecule has 0 atom stereocenters. The van der Waals surface area contributed by atoms with Gasteiger partial charge in [0.1, 0.15) is 0 Å². The van der Waals surface area contributed by atoms with Gasteiger partial charge in [-0.05, 0) is 12.8 Å². The zero-order valence-electron chi connectivity index (χ0n) is 7.19. The summed E-state index contributed by atoms with van der Waals surface area (Å²) < 4.78 is 28.9. The molecule has 1 saturated heterocycles. The molecule has 7 heteroatoms. The van der Waals surface area contributed by atoms with Crippen molar-refractivity contribution in [2.24, 2.45) is 5.14 Å². The summed E-state index contributed by atoms with van der Waals surface area (Å²) in [5.74, 6) is 0. The van der Waals surface area contributed by atoms with Crippen LogP contribution in [0.4, 0.5) is 0 Å². The Balaban J connectivity index is 2.68. The molecule has 1 fully saturated rings. The summed E-state index contributed by atoms with van der Waals surface area (Å²) >= 11 is 0. The molecule has 1 aliphatic heterocycles. The fraction of sp³-hybridized carbons (Fsp3) is 1.00. The van der Waals surface area contributed by atoms with Crippen molar-refractivity contribution in [1.82, 2.24) is 4.72 Å². The molecule has 1 rings (SSSR count). The third-order valence-electron chi connectivity index (χ3n) is 2.11. The molecule has 0 unspecified atom stereocenters. The molecule has 6 nitrogen and oxygen atoms in total. The monoisotopic (exact) mass is 210 g/mol. The number of aliphatic hydroxyl groups is 1. The topological polar surface area (TPSA) is 102 Å². The van der Waals surface area contributed by atoms with Crippen LogP contribution in [0.15, 0.2) is 0 Å². The highest BCUT2D eigenvalue weighted by molar-refractivity contribution is 7.87. The molecule has 0 amide bonds. The lowest BCUT2D eigenvalue weighted by molar-refractivity contribution is 0.0223. The van der Waals surface area contributed by atoms with Crippen molar-refractivity contribution in [3.05, 3.63) is 0 Å². The van der Waals surface area contributed by atoms with Gasteiger partial charge in [-0.1, -0.05) is 0 Å². The first kappa shape index (κ1) is 10.9. The van der Waals surface area contributed by atoms with Gasteiger partial charge < -0.3 is 9.84 Å². The van der Waals surface area contributed by atoms with E-state index in [1.54, 1.807) is 0 Å². The van der Waals surface area contributed by atoms with Crippen molar-refractivity contribution in [2.75, 3.05) is 19.8 Å². The van der Waals surface area contributed by atoms with E-state index >= 15 is 0 Å². The van der Waals surface area contributed by atoms with E-state index in [1.807, 2.05) is 0 Å². The Morgan fingerprint density at radius 1 is 1.46 bits per heavy atom. The quantitative estimate of drug-likeness (QED) is 0.518. The van der Waals surface area contributed by atoms with Gasteiger partial charge in [0.05, 0.1) is 12.1 Å². The molecule has 1 heterocycles. The molecule has 0 aromatic rings. The van der Waals surface area contributed by atoms with E-state index in [2.05, 4.69) is 4.72 Å². The molecular weight excluding hydrogens is 196 g/mol. The number of hydrogen-bond donors (Lipinski definition) is 3. The van der Waals surface area contributed by atoms with E-state index < -0.39 is 15.7 Å². The van der Waals surface area contributed by atoms with Crippen molar-refractivity contribution in [2.45, 2.75) is 18.4 Å². The van der Waals surface area contributed by atoms with Crippen LogP contribution in [0.5, 0.6) is 0 Å². The van der Waals surface area contributed by atoms with Gasteiger partial charge in [0.25, 0.3) is 10.2 Å². The van der Waals surface area contributed by atoms with Gasteiger partial charge in [0.2, 0.25) is 0 Å². The highest BCUT2D eigenvalue weighted by atomic mass is 32.2. The molecule has 4 N–H and O–H groups in total. The summed E-state index contributed by atoms with van der Waals surface area (Å²) in [6.07, 6.45) is 0.889. The minimum atomic E-state index is -3.76. The first-order valence-corrected chi connectivity index (χ1v) is 5.52. The summed E-state index contributed by atoms with van der Waals surface area (Å²) in [6, 6.07) is 0. The van der Waals surface area contributed by atoms with Gasteiger partial charge in [-0.3, -0.25) is 0 Å². The number of rotatable bonds is 3. The minimum absolute atomic E-state index is 0.257. The molecule has 78 valence electrons. The second kappa shape index (κ2) is 3.89. The first-order valence-electron chi connectivity index (χ1n) is 3.98. The van der Waals surface area contributed by atoms with Crippen LogP contribution >= 0.6 is 0 Å². The molecule has 0 spiro atoms. The van der Waals surface area contributed by atoms with Gasteiger partial charge in [0, 0.05) is 13.2 Å². The zero-order chi connectivity index (χ0) is 9.95. The van der Waals surface area contributed by atoms with Crippen LogP contribution in [0.2, 0.25) is 0 Å². The lowest BCUT2D eigenvalue weighted by Crippen LogP contribution is -2.56. The summed E-state index contributed by atoms with van der Waals surface area (Å²) in [6.45, 7) is 0.610. The smallest absolute Gasteiger partial charge is 0.274 e. The SMILES string of the molecule is NS(=O)(=O)NC1(CO)CCOCC1. The lowest BCUT2D eigenvalue weighted by Gasteiger charge is -2.35. The standard InChI is InChI=1S/C6H14N2O4S/c7-13(10,11)8-6(5-9)1-3-12-4-2-6/h8-9H,1-5H2,(H2,7,10,11). The maximum Gasteiger partial charge on any atom is 0.274 e. The molecule has 0 saturated carbocycles. The number of aliphatic hydroxyl groups excluding tert-OH is 1. The maximum absolute atomic E-state index is 10.8. The zero-order valence-corrected chi connectivity index (χ0v) is 8.01. The highest BCUT2D eigenvalue weighted by Crippen LogP contribution is 2.20. The number of nitrogens with one attached hydrogen (secondary N) is 1. The van der Waals surface area contributed by atoms with Gasteiger partial charge in [-0.2, -0.15) is 13.1 Å². The molecule has 0 bridgehead atoms. The first-order chi connectivity index (χ1) is 5.97. The predicted octanol–water partition coefficient (Wildman–Crippen LogP) is -1.68. The fourth-order valence-corrected chi connectivity index (χ4v) is 2.23. The van der Waals surface area contributed by atoms with Gasteiger partial charge >= 0.3 is 0 Å². The van der Waals surface area contributed by atoms with Crippen molar-refractivity contribution < 1.29 is 18.3 Å². The highest BCUT2D eigenvalue weighted by Gasteiger charge is 2.34. The molecule has 0 aliphatic carbocycles. The minimum Gasteiger partial charge on any atom is -0.394 e. The van der Waals surface area contributed by atoms with Crippen LogP contribution in [0.25, 0.3) is 0 Å². The largest absolute Gasteiger partial charge is 0.394 e. The molecule has 13 heavy (non-hydrogen) atoms. The molecule has 0 aromatic heterocycles. The Morgan fingerprint density at radius 2 is 2.00 bits per heavy atom. The van der Waals surface area contributed by atoms with Crippen LogP contribution in [-0.2, 0) is 14.9 Å². The van der Waals surface area contributed by atoms with E-state index in [-0.39, 0.29) is 6.61 Å². The van der Waals surface area contributed by atoms with Crippen molar-refractivity contribution in [1.29, 1.82) is 0 Å².